The van der Waals surface area contributed by atoms with Gasteiger partial charge in [0.25, 0.3) is 0 Å². The van der Waals surface area contributed by atoms with Crippen LogP contribution in [-0.2, 0) is 0 Å². The zero-order chi connectivity index (χ0) is 11.1. The van der Waals surface area contributed by atoms with Gasteiger partial charge in [0, 0.05) is 25.7 Å². The first-order valence-corrected chi connectivity index (χ1v) is 5.56. The highest BCUT2D eigenvalue weighted by Crippen LogP contribution is 2.07. The summed E-state index contributed by atoms with van der Waals surface area (Å²) in [5, 5.41) is 9.20. The molecule has 1 atom stereocenters. The number of aliphatic hydroxyl groups is 1. The van der Waals surface area contributed by atoms with E-state index in [0.717, 1.165) is 13.1 Å². The Hall–Kier alpha value is -0.120. The van der Waals surface area contributed by atoms with E-state index in [9.17, 15) is 5.11 Å². The van der Waals surface area contributed by atoms with E-state index >= 15 is 0 Å². The smallest absolute Gasteiger partial charge is 0.0599 e. The van der Waals surface area contributed by atoms with Crippen LogP contribution in [0.4, 0.5) is 0 Å². The fourth-order valence-corrected chi connectivity index (χ4v) is 1.65. The van der Waals surface area contributed by atoms with Gasteiger partial charge in [0.15, 0.2) is 0 Å². The van der Waals surface area contributed by atoms with E-state index in [1.165, 1.54) is 0 Å². The highest BCUT2D eigenvalue weighted by molar-refractivity contribution is 4.73. The molecule has 3 heteroatoms. The van der Waals surface area contributed by atoms with Crippen molar-refractivity contribution >= 4 is 0 Å². The van der Waals surface area contributed by atoms with Gasteiger partial charge >= 0.3 is 0 Å². The average molecular weight is 202 g/mol. The second kappa shape index (κ2) is 7.21. The fraction of sp³-hybridized carbons (Fsp3) is 1.00. The number of nitrogens with two attached hydrogens (primary N) is 1. The van der Waals surface area contributed by atoms with E-state index in [4.69, 9.17) is 5.73 Å². The Morgan fingerprint density at radius 2 is 1.50 bits per heavy atom. The van der Waals surface area contributed by atoms with Crippen LogP contribution in [0.2, 0.25) is 0 Å². The van der Waals surface area contributed by atoms with Crippen LogP contribution in [0.5, 0.6) is 0 Å². The molecule has 0 saturated heterocycles. The van der Waals surface area contributed by atoms with Crippen molar-refractivity contribution in [2.24, 2.45) is 17.6 Å². The molecule has 0 aliphatic heterocycles. The number of nitrogens with zero attached hydrogens (tertiary/aromatic N) is 1. The number of hydrogen-bond acceptors (Lipinski definition) is 3. The van der Waals surface area contributed by atoms with E-state index in [0.29, 0.717) is 18.4 Å². The molecule has 0 saturated carbocycles. The molecule has 0 amide bonds. The quantitative estimate of drug-likeness (QED) is 0.645. The molecule has 0 aromatic rings. The van der Waals surface area contributed by atoms with E-state index in [-0.39, 0.29) is 12.6 Å². The van der Waals surface area contributed by atoms with Crippen molar-refractivity contribution < 1.29 is 5.11 Å². The molecule has 0 rings (SSSR count). The summed E-state index contributed by atoms with van der Waals surface area (Å²) in [5.41, 5.74) is 5.63. The second-order valence-electron chi connectivity index (χ2n) is 4.81. The minimum Gasteiger partial charge on any atom is -0.395 e. The fourth-order valence-electron chi connectivity index (χ4n) is 1.65. The first-order chi connectivity index (χ1) is 6.51. The minimum absolute atomic E-state index is 0.125. The highest BCUT2D eigenvalue weighted by atomic mass is 16.3. The third kappa shape index (κ3) is 5.58. The van der Waals surface area contributed by atoms with Gasteiger partial charge in [-0.2, -0.15) is 0 Å². The van der Waals surface area contributed by atoms with Crippen molar-refractivity contribution in [2.45, 2.75) is 33.7 Å². The summed E-state index contributed by atoms with van der Waals surface area (Å²) in [6, 6.07) is 0.125. The summed E-state index contributed by atoms with van der Waals surface area (Å²) in [6.45, 7) is 11.5. The molecule has 0 aromatic heterocycles. The van der Waals surface area contributed by atoms with Crippen molar-refractivity contribution in [3.8, 4) is 0 Å². The van der Waals surface area contributed by atoms with Crippen LogP contribution in [0.1, 0.15) is 27.7 Å². The molecule has 14 heavy (non-hydrogen) atoms. The maximum absolute atomic E-state index is 9.20. The molecule has 3 nitrogen and oxygen atoms in total. The maximum Gasteiger partial charge on any atom is 0.0599 e. The van der Waals surface area contributed by atoms with Crippen LogP contribution >= 0.6 is 0 Å². The van der Waals surface area contributed by atoms with Gasteiger partial charge in [-0.15, -0.1) is 0 Å². The second-order valence-corrected chi connectivity index (χ2v) is 4.81. The van der Waals surface area contributed by atoms with Crippen molar-refractivity contribution in [2.75, 3.05) is 26.2 Å². The van der Waals surface area contributed by atoms with Crippen molar-refractivity contribution in [1.82, 2.24) is 4.90 Å². The van der Waals surface area contributed by atoms with Gasteiger partial charge in [0.1, 0.15) is 0 Å². The standard InChI is InChI=1S/C11H26N2O/c1-9(2)6-13(7-10(3)4)11(5-12)8-14/h9-11,14H,5-8,12H2,1-4H3. The molecular weight excluding hydrogens is 176 g/mol. The van der Waals surface area contributed by atoms with Gasteiger partial charge in [0.05, 0.1) is 6.61 Å². The maximum atomic E-state index is 9.20. The Morgan fingerprint density at radius 1 is 1.07 bits per heavy atom. The highest BCUT2D eigenvalue weighted by Gasteiger charge is 2.17. The third-order valence-electron chi connectivity index (χ3n) is 2.20. The van der Waals surface area contributed by atoms with Crippen LogP contribution < -0.4 is 5.73 Å². The van der Waals surface area contributed by atoms with Gasteiger partial charge in [-0.3, -0.25) is 4.90 Å². The first kappa shape index (κ1) is 13.9. The average Bonchev–Trinajstić information content (AvgIpc) is 2.03. The van der Waals surface area contributed by atoms with Gasteiger partial charge in [-0.1, -0.05) is 27.7 Å². The van der Waals surface area contributed by atoms with Crippen molar-refractivity contribution in [3.05, 3.63) is 0 Å². The van der Waals surface area contributed by atoms with Gasteiger partial charge in [0.2, 0.25) is 0 Å². The topological polar surface area (TPSA) is 49.5 Å². The molecular formula is C11H26N2O. The zero-order valence-electron chi connectivity index (χ0n) is 10.0. The van der Waals surface area contributed by atoms with Crippen LogP contribution in [0.25, 0.3) is 0 Å². The Balaban J connectivity index is 4.20. The third-order valence-corrected chi connectivity index (χ3v) is 2.20. The zero-order valence-corrected chi connectivity index (χ0v) is 10.0. The van der Waals surface area contributed by atoms with E-state index in [2.05, 4.69) is 32.6 Å². The summed E-state index contributed by atoms with van der Waals surface area (Å²) in [4.78, 5) is 2.30. The van der Waals surface area contributed by atoms with Crippen molar-refractivity contribution in [1.29, 1.82) is 0 Å². The lowest BCUT2D eigenvalue weighted by Crippen LogP contribution is -2.46. The Kier molecular flexibility index (Phi) is 7.15. The Labute approximate surface area is 88.3 Å². The molecule has 0 heterocycles. The number of rotatable bonds is 7. The summed E-state index contributed by atoms with van der Waals surface area (Å²) in [6.07, 6.45) is 0. The summed E-state index contributed by atoms with van der Waals surface area (Å²) < 4.78 is 0. The van der Waals surface area contributed by atoms with Crippen molar-refractivity contribution in [3.63, 3.8) is 0 Å². The van der Waals surface area contributed by atoms with Gasteiger partial charge in [-0.25, -0.2) is 0 Å². The Morgan fingerprint density at radius 3 is 1.71 bits per heavy atom. The van der Waals surface area contributed by atoms with Gasteiger partial charge < -0.3 is 10.8 Å². The Bertz CT molecular complexity index is 123. The molecule has 0 spiro atoms. The SMILES string of the molecule is CC(C)CN(CC(C)C)C(CN)CO. The van der Waals surface area contributed by atoms with E-state index in [1.54, 1.807) is 0 Å². The van der Waals surface area contributed by atoms with E-state index in [1.807, 2.05) is 0 Å². The molecule has 0 fully saturated rings. The van der Waals surface area contributed by atoms with Crippen LogP contribution in [0.15, 0.2) is 0 Å². The molecule has 0 radical (unpaired) electrons. The lowest BCUT2D eigenvalue weighted by atomic mass is 10.1. The largest absolute Gasteiger partial charge is 0.395 e. The van der Waals surface area contributed by atoms with Crippen LogP contribution in [0.3, 0.4) is 0 Å². The summed E-state index contributed by atoms with van der Waals surface area (Å²) in [7, 11) is 0. The normalized spacial score (nSPS) is 14.4. The molecule has 3 N–H and O–H groups in total. The monoisotopic (exact) mass is 202 g/mol. The molecule has 0 aliphatic rings. The number of hydrogen-bond donors (Lipinski definition) is 2. The molecule has 1 unspecified atom stereocenters. The van der Waals surface area contributed by atoms with E-state index < -0.39 is 0 Å². The van der Waals surface area contributed by atoms with Crippen LogP contribution in [0, 0.1) is 11.8 Å². The predicted octanol–water partition coefficient (Wildman–Crippen LogP) is 0.920. The predicted molar refractivity (Wildman–Crippen MR) is 61.2 cm³/mol. The number of aliphatic hydroxyl groups excluding tert-OH is 1. The molecule has 0 bridgehead atoms. The van der Waals surface area contributed by atoms with Gasteiger partial charge in [-0.05, 0) is 11.8 Å². The summed E-state index contributed by atoms with van der Waals surface area (Å²) >= 11 is 0. The molecule has 0 aromatic carbocycles. The first-order valence-electron chi connectivity index (χ1n) is 5.56. The van der Waals surface area contributed by atoms with Crippen LogP contribution in [-0.4, -0.2) is 42.3 Å². The minimum atomic E-state index is 0.125. The molecule has 0 aliphatic carbocycles. The lowest BCUT2D eigenvalue weighted by Gasteiger charge is -2.32. The lowest BCUT2D eigenvalue weighted by molar-refractivity contribution is 0.105. The summed E-state index contributed by atoms with van der Waals surface area (Å²) in [5.74, 6) is 1.24. The molecule has 86 valence electrons.